The third-order valence-electron chi connectivity index (χ3n) is 4.08. The van der Waals surface area contributed by atoms with Crippen molar-refractivity contribution >= 4 is 44.7 Å². The highest BCUT2D eigenvalue weighted by molar-refractivity contribution is 7.17. The van der Waals surface area contributed by atoms with Gasteiger partial charge in [0.2, 0.25) is 0 Å². The third-order valence-corrected chi connectivity index (χ3v) is 6.04. The van der Waals surface area contributed by atoms with Crippen LogP contribution in [-0.2, 0) is 0 Å². The maximum absolute atomic E-state index is 12.3. The number of nitrogens with one attached hydrogen (secondary N) is 2. The van der Waals surface area contributed by atoms with Crippen molar-refractivity contribution in [2.45, 2.75) is 6.42 Å². The van der Waals surface area contributed by atoms with Gasteiger partial charge in [-0.15, -0.1) is 11.3 Å². The van der Waals surface area contributed by atoms with Gasteiger partial charge in [0.05, 0.1) is 9.58 Å². The minimum Gasteiger partial charge on any atom is -0.369 e. The van der Waals surface area contributed by atoms with Crippen LogP contribution in [-0.4, -0.2) is 28.4 Å². The van der Waals surface area contributed by atoms with Crippen molar-refractivity contribution in [2.75, 3.05) is 18.4 Å². The maximum Gasteiger partial charge on any atom is 0.261 e. The molecule has 3 heterocycles. The van der Waals surface area contributed by atoms with Crippen molar-refractivity contribution < 1.29 is 4.79 Å². The second-order valence-corrected chi connectivity index (χ2v) is 7.86. The molecule has 0 fully saturated rings. The van der Waals surface area contributed by atoms with Crippen molar-refractivity contribution in [3.8, 4) is 10.4 Å². The average molecular weight is 395 g/mol. The zero-order chi connectivity index (χ0) is 18.5. The molecule has 2 N–H and O–H groups in total. The Bertz CT molecular complexity index is 1040. The Kier molecular flexibility index (Phi) is 5.41. The molecule has 0 unspecified atom stereocenters. The zero-order valence-corrected chi connectivity index (χ0v) is 16.1. The number of amides is 1. The Morgan fingerprint density at radius 3 is 2.85 bits per heavy atom. The second-order valence-electron chi connectivity index (χ2n) is 5.97. The molecule has 0 spiro atoms. The molecule has 0 radical (unpaired) electrons. The summed E-state index contributed by atoms with van der Waals surface area (Å²) in [4.78, 5) is 18.2. The molecular weight excluding hydrogens is 376 g/mol. The lowest BCUT2D eigenvalue weighted by molar-refractivity contribution is 0.0957. The Labute approximate surface area is 165 Å². The highest BCUT2D eigenvalue weighted by atomic mass is 32.1. The fourth-order valence-electron chi connectivity index (χ4n) is 2.72. The lowest BCUT2D eigenvalue weighted by Crippen LogP contribution is -2.25. The summed E-state index contributed by atoms with van der Waals surface area (Å²) in [6.07, 6.45) is 4.38. The summed E-state index contributed by atoms with van der Waals surface area (Å²) < 4.78 is 5.62. The number of anilines is 1. The van der Waals surface area contributed by atoms with E-state index in [1.807, 2.05) is 36.4 Å². The first kappa shape index (κ1) is 17.6. The summed E-state index contributed by atoms with van der Waals surface area (Å²) in [5.41, 5.74) is 1.03. The number of rotatable bonds is 7. The average Bonchev–Trinajstić information content (AvgIpc) is 3.36. The van der Waals surface area contributed by atoms with Crippen LogP contribution in [0.2, 0.25) is 0 Å². The first-order valence-electron chi connectivity index (χ1n) is 8.68. The smallest absolute Gasteiger partial charge is 0.261 e. The Morgan fingerprint density at radius 2 is 1.96 bits per heavy atom. The summed E-state index contributed by atoms with van der Waals surface area (Å²) in [5.74, 6) is 0.885. The topological polar surface area (TPSA) is 66.9 Å². The second kappa shape index (κ2) is 8.28. The van der Waals surface area contributed by atoms with Gasteiger partial charge in [0.1, 0.15) is 5.82 Å². The molecule has 1 amide bonds. The predicted octanol–water partition coefficient (Wildman–Crippen LogP) is 4.65. The van der Waals surface area contributed by atoms with Crippen LogP contribution in [0.4, 0.5) is 5.82 Å². The largest absolute Gasteiger partial charge is 0.369 e. The summed E-state index contributed by atoms with van der Waals surface area (Å²) >= 11 is 2.98. The number of fused-ring (bicyclic) bond motifs is 1. The number of benzene rings is 1. The molecule has 0 aliphatic carbocycles. The van der Waals surface area contributed by atoms with Gasteiger partial charge in [-0.05, 0) is 48.3 Å². The van der Waals surface area contributed by atoms with Crippen LogP contribution >= 0.6 is 22.9 Å². The van der Waals surface area contributed by atoms with E-state index in [1.54, 1.807) is 12.4 Å². The van der Waals surface area contributed by atoms with E-state index in [1.165, 1.54) is 27.6 Å². The number of aromatic nitrogens is 2. The van der Waals surface area contributed by atoms with E-state index in [9.17, 15) is 4.79 Å². The molecule has 4 aromatic rings. The SMILES string of the molecule is O=C(NCCCNc1nsc2ccccc12)c1ccc(-c2cccnc2)s1. The van der Waals surface area contributed by atoms with Gasteiger partial charge < -0.3 is 10.6 Å². The Hall–Kier alpha value is -2.77. The monoisotopic (exact) mass is 394 g/mol. The molecule has 3 aromatic heterocycles. The van der Waals surface area contributed by atoms with E-state index >= 15 is 0 Å². The lowest BCUT2D eigenvalue weighted by Gasteiger charge is -2.05. The summed E-state index contributed by atoms with van der Waals surface area (Å²) in [6.45, 7) is 1.38. The van der Waals surface area contributed by atoms with Crippen LogP contribution < -0.4 is 10.6 Å². The fourth-order valence-corrected chi connectivity index (χ4v) is 4.39. The van der Waals surface area contributed by atoms with Crippen molar-refractivity contribution in [1.29, 1.82) is 0 Å². The van der Waals surface area contributed by atoms with E-state index in [0.717, 1.165) is 34.6 Å². The molecule has 0 aliphatic rings. The number of nitrogens with zero attached hydrogens (tertiary/aromatic N) is 2. The van der Waals surface area contributed by atoms with Crippen LogP contribution in [0.15, 0.2) is 60.9 Å². The van der Waals surface area contributed by atoms with Gasteiger partial charge in [0, 0.05) is 41.3 Å². The molecule has 0 aliphatic heterocycles. The first-order chi connectivity index (χ1) is 13.3. The minimum absolute atomic E-state index is 0.0331. The standard InChI is InChI=1S/C20H18N4OS2/c25-20(18-9-8-16(26-18)14-5-3-10-21-13-14)23-12-4-11-22-19-15-6-1-2-7-17(15)27-24-19/h1-3,5-10,13H,4,11-12H2,(H,22,24)(H,23,25). The van der Waals surface area contributed by atoms with Crippen molar-refractivity contribution in [3.05, 3.63) is 65.8 Å². The molecule has 0 saturated heterocycles. The van der Waals surface area contributed by atoms with Gasteiger partial charge >= 0.3 is 0 Å². The molecule has 5 nitrogen and oxygen atoms in total. The maximum atomic E-state index is 12.3. The normalized spacial score (nSPS) is 10.8. The number of carbonyl (C=O) groups excluding carboxylic acids is 1. The van der Waals surface area contributed by atoms with Crippen LogP contribution in [0.1, 0.15) is 16.1 Å². The van der Waals surface area contributed by atoms with Crippen molar-refractivity contribution in [2.24, 2.45) is 0 Å². The summed E-state index contributed by atoms with van der Waals surface area (Å²) in [7, 11) is 0. The number of pyridine rings is 1. The van der Waals surface area contributed by atoms with Crippen LogP contribution in [0.25, 0.3) is 20.5 Å². The number of hydrogen-bond donors (Lipinski definition) is 2. The first-order valence-corrected chi connectivity index (χ1v) is 10.3. The third kappa shape index (κ3) is 4.15. The summed E-state index contributed by atoms with van der Waals surface area (Å²) in [6, 6.07) is 15.9. The minimum atomic E-state index is -0.0331. The molecule has 0 saturated carbocycles. The van der Waals surface area contributed by atoms with Gasteiger partial charge in [-0.3, -0.25) is 9.78 Å². The number of hydrogen-bond acceptors (Lipinski definition) is 6. The molecule has 7 heteroatoms. The van der Waals surface area contributed by atoms with E-state index in [4.69, 9.17) is 0 Å². The molecule has 0 bridgehead atoms. The molecule has 1 aromatic carbocycles. The lowest BCUT2D eigenvalue weighted by atomic mass is 10.2. The molecule has 0 atom stereocenters. The molecule has 4 rings (SSSR count). The van der Waals surface area contributed by atoms with Crippen LogP contribution in [0.3, 0.4) is 0 Å². The fraction of sp³-hybridized carbons (Fsp3) is 0.150. The van der Waals surface area contributed by atoms with Gasteiger partial charge in [-0.1, -0.05) is 18.2 Å². The number of thiophene rings is 1. The highest BCUT2D eigenvalue weighted by Crippen LogP contribution is 2.27. The van der Waals surface area contributed by atoms with E-state index < -0.39 is 0 Å². The molecular formula is C20H18N4OS2. The molecule has 136 valence electrons. The van der Waals surface area contributed by atoms with E-state index in [2.05, 4.69) is 32.1 Å². The van der Waals surface area contributed by atoms with Gasteiger partial charge in [-0.2, -0.15) is 4.37 Å². The van der Waals surface area contributed by atoms with Crippen LogP contribution in [0.5, 0.6) is 0 Å². The van der Waals surface area contributed by atoms with E-state index in [0.29, 0.717) is 11.4 Å². The number of carbonyl (C=O) groups is 1. The zero-order valence-electron chi connectivity index (χ0n) is 14.5. The quantitative estimate of drug-likeness (QED) is 0.448. The van der Waals surface area contributed by atoms with Crippen molar-refractivity contribution in [1.82, 2.24) is 14.7 Å². The van der Waals surface area contributed by atoms with Gasteiger partial charge in [-0.25, -0.2) is 0 Å². The predicted molar refractivity (Wildman–Crippen MR) is 113 cm³/mol. The highest BCUT2D eigenvalue weighted by Gasteiger charge is 2.10. The summed E-state index contributed by atoms with van der Waals surface area (Å²) in [5, 5.41) is 7.48. The Morgan fingerprint density at radius 1 is 1.04 bits per heavy atom. The van der Waals surface area contributed by atoms with Gasteiger partial charge in [0.15, 0.2) is 0 Å². The van der Waals surface area contributed by atoms with Gasteiger partial charge in [0.25, 0.3) is 5.91 Å². The van der Waals surface area contributed by atoms with E-state index in [-0.39, 0.29) is 5.91 Å². The van der Waals surface area contributed by atoms with Crippen LogP contribution in [0, 0.1) is 0 Å². The van der Waals surface area contributed by atoms with Crippen molar-refractivity contribution in [3.63, 3.8) is 0 Å². The molecule has 27 heavy (non-hydrogen) atoms. The Balaban J connectivity index is 1.25.